The molecule has 0 amide bonds. The maximum absolute atomic E-state index is 5.21. The molecule has 0 aliphatic heterocycles. The molecule has 0 fully saturated rings. The Hall–Kier alpha value is -3.74. The van der Waals surface area contributed by atoms with Crippen molar-refractivity contribution in [1.29, 1.82) is 0 Å². The van der Waals surface area contributed by atoms with Crippen LogP contribution >= 0.6 is 0 Å². The third kappa shape index (κ3) is 2.52. The number of pyridine rings is 1. The molecule has 5 rings (SSSR count). The molecule has 0 unspecified atom stereocenters. The predicted octanol–water partition coefficient (Wildman–Crippen LogP) is 3.58. The molecule has 27 heavy (non-hydrogen) atoms. The smallest absolute Gasteiger partial charge is 0.213 e. The first-order valence-electron chi connectivity index (χ1n) is 8.49. The second-order valence-electron chi connectivity index (χ2n) is 6.30. The van der Waals surface area contributed by atoms with Crippen LogP contribution in [-0.2, 0) is 7.05 Å². The summed E-state index contributed by atoms with van der Waals surface area (Å²) in [5.74, 6) is 0.547. The fraction of sp³-hybridized carbons (Fsp3) is 0.100. The molecule has 0 atom stereocenters. The quantitative estimate of drug-likeness (QED) is 0.534. The van der Waals surface area contributed by atoms with E-state index in [1.54, 1.807) is 19.5 Å². The second-order valence-corrected chi connectivity index (χ2v) is 6.30. The summed E-state index contributed by atoms with van der Waals surface area (Å²) in [4.78, 5) is 21.1. The number of aromatic nitrogens is 6. The standard InChI is InChI=1S/C20H16N6O/c1-26-11-24-15-4-3-12(7-17(15)26)14-9-22-20-19(14)25-16(10-23-20)13-5-6-21-18(8-13)27-2/h3-11H,1-2H3,(H,22,23). The van der Waals surface area contributed by atoms with Gasteiger partial charge in [0.25, 0.3) is 0 Å². The van der Waals surface area contributed by atoms with Gasteiger partial charge in [-0.05, 0) is 23.8 Å². The number of rotatable bonds is 3. The fourth-order valence-corrected chi connectivity index (χ4v) is 3.22. The number of aromatic amines is 1. The summed E-state index contributed by atoms with van der Waals surface area (Å²) in [5.41, 5.74) is 7.36. The molecule has 0 saturated carbocycles. The van der Waals surface area contributed by atoms with Crippen molar-refractivity contribution in [2.45, 2.75) is 0 Å². The Morgan fingerprint density at radius 1 is 1.04 bits per heavy atom. The number of nitrogens with zero attached hydrogens (tertiary/aromatic N) is 5. The van der Waals surface area contributed by atoms with Crippen molar-refractivity contribution >= 4 is 22.2 Å². The number of benzene rings is 1. The van der Waals surface area contributed by atoms with Crippen molar-refractivity contribution in [3.63, 3.8) is 0 Å². The van der Waals surface area contributed by atoms with Crippen molar-refractivity contribution in [2.75, 3.05) is 7.11 Å². The van der Waals surface area contributed by atoms with Gasteiger partial charge in [-0.1, -0.05) is 6.07 Å². The Kier molecular flexibility index (Phi) is 3.39. The Bertz CT molecular complexity index is 1290. The zero-order chi connectivity index (χ0) is 18.4. The number of methoxy groups -OCH3 is 1. The summed E-state index contributed by atoms with van der Waals surface area (Å²) in [6, 6.07) is 9.95. The molecular formula is C20H16N6O. The predicted molar refractivity (Wildman–Crippen MR) is 103 cm³/mol. The van der Waals surface area contributed by atoms with Crippen molar-refractivity contribution in [3.05, 3.63) is 55.2 Å². The molecule has 7 nitrogen and oxygen atoms in total. The summed E-state index contributed by atoms with van der Waals surface area (Å²) in [6.45, 7) is 0. The van der Waals surface area contributed by atoms with Crippen LogP contribution in [-0.4, -0.2) is 36.6 Å². The Balaban J connectivity index is 1.67. The average molecular weight is 356 g/mol. The number of imidazole rings is 1. The fourth-order valence-electron chi connectivity index (χ4n) is 3.22. The Labute approximate surface area is 154 Å². The molecule has 1 N–H and O–H groups in total. The van der Waals surface area contributed by atoms with Crippen LogP contribution in [0.5, 0.6) is 5.88 Å². The lowest BCUT2D eigenvalue weighted by molar-refractivity contribution is 0.398. The van der Waals surface area contributed by atoms with E-state index < -0.39 is 0 Å². The van der Waals surface area contributed by atoms with Gasteiger partial charge in [-0.3, -0.25) is 0 Å². The third-order valence-corrected chi connectivity index (χ3v) is 4.66. The van der Waals surface area contributed by atoms with E-state index in [9.17, 15) is 0 Å². The SMILES string of the molecule is COc1cc(-c2cnc3[nH]cc(-c4ccc5ncn(C)c5c4)c3n2)ccn1. The van der Waals surface area contributed by atoms with E-state index in [-0.39, 0.29) is 0 Å². The van der Waals surface area contributed by atoms with Crippen LogP contribution < -0.4 is 4.74 Å². The van der Waals surface area contributed by atoms with Crippen LogP contribution in [0.2, 0.25) is 0 Å². The highest BCUT2D eigenvalue weighted by atomic mass is 16.5. The van der Waals surface area contributed by atoms with Crippen LogP contribution in [0.15, 0.2) is 55.2 Å². The third-order valence-electron chi connectivity index (χ3n) is 4.66. The van der Waals surface area contributed by atoms with Gasteiger partial charge in [0.15, 0.2) is 5.65 Å². The van der Waals surface area contributed by atoms with Crippen LogP contribution in [0.4, 0.5) is 0 Å². The van der Waals surface area contributed by atoms with E-state index in [1.807, 2.05) is 42.3 Å². The summed E-state index contributed by atoms with van der Waals surface area (Å²) in [7, 11) is 3.59. The summed E-state index contributed by atoms with van der Waals surface area (Å²) in [5, 5.41) is 0. The molecule has 4 aromatic heterocycles. The maximum atomic E-state index is 5.21. The van der Waals surface area contributed by atoms with Gasteiger partial charge in [0, 0.05) is 36.6 Å². The van der Waals surface area contributed by atoms with E-state index in [1.165, 1.54) is 0 Å². The molecule has 1 aromatic carbocycles. The highest BCUT2D eigenvalue weighted by molar-refractivity contribution is 5.94. The van der Waals surface area contributed by atoms with E-state index in [0.29, 0.717) is 5.88 Å². The number of hydrogen-bond acceptors (Lipinski definition) is 5. The molecule has 0 spiro atoms. The normalized spacial score (nSPS) is 11.3. The topological polar surface area (TPSA) is 81.5 Å². The molecule has 0 radical (unpaired) electrons. The minimum absolute atomic E-state index is 0.547. The molecule has 5 aromatic rings. The first kappa shape index (κ1) is 15.5. The van der Waals surface area contributed by atoms with Crippen LogP contribution in [0, 0.1) is 0 Å². The highest BCUT2D eigenvalue weighted by Gasteiger charge is 2.12. The first-order chi connectivity index (χ1) is 13.2. The van der Waals surface area contributed by atoms with Gasteiger partial charge in [-0.2, -0.15) is 0 Å². The van der Waals surface area contributed by atoms with Gasteiger partial charge in [0.2, 0.25) is 5.88 Å². The van der Waals surface area contributed by atoms with E-state index >= 15 is 0 Å². The molecule has 132 valence electrons. The second kappa shape index (κ2) is 5.91. The number of fused-ring (bicyclic) bond motifs is 2. The minimum Gasteiger partial charge on any atom is -0.481 e. The molecule has 0 aliphatic carbocycles. The van der Waals surface area contributed by atoms with E-state index in [4.69, 9.17) is 9.72 Å². The molecule has 0 aliphatic rings. The van der Waals surface area contributed by atoms with Crippen molar-refractivity contribution < 1.29 is 4.74 Å². The van der Waals surface area contributed by atoms with E-state index in [0.717, 1.165) is 44.6 Å². The monoisotopic (exact) mass is 356 g/mol. The van der Waals surface area contributed by atoms with Gasteiger partial charge < -0.3 is 14.3 Å². The number of nitrogens with one attached hydrogen (secondary N) is 1. The zero-order valence-corrected chi connectivity index (χ0v) is 14.8. The first-order valence-corrected chi connectivity index (χ1v) is 8.49. The van der Waals surface area contributed by atoms with Crippen molar-refractivity contribution in [1.82, 2.24) is 29.5 Å². The van der Waals surface area contributed by atoms with Gasteiger partial charge in [0.1, 0.15) is 5.52 Å². The van der Waals surface area contributed by atoms with Crippen molar-refractivity contribution in [3.8, 4) is 28.3 Å². The van der Waals surface area contributed by atoms with Gasteiger partial charge in [0.05, 0.1) is 36.4 Å². The number of H-pyrrole nitrogens is 1. The lowest BCUT2D eigenvalue weighted by Gasteiger charge is -2.05. The molecule has 0 saturated heterocycles. The van der Waals surface area contributed by atoms with Crippen LogP contribution in [0.1, 0.15) is 0 Å². The zero-order valence-electron chi connectivity index (χ0n) is 14.8. The van der Waals surface area contributed by atoms with E-state index in [2.05, 4.69) is 32.1 Å². The summed E-state index contributed by atoms with van der Waals surface area (Å²) < 4.78 is 7.22. The average Bonchev–Trinajstić information content (AvgIpc) is 3.31. The minimum atomic E-state index is 0.547. The van der Waals surface area contributed by atoms with Gasteiger partial charge in [-0.15, -0.1) is 0 Å². The van der Waals surface area contributed by atoms with Crippen LogP contribution in [0.3, 0.4) is 0 Å². The molecule has 7 heteroatoms. The van der Waals surface area contributed by atoms with Crippen LogP contribution in [0.25, 0.3) is 44.6 Å². The Morgan fingerprint density at radius 2 is 1.96 bits per heavy atom. The highest BCUT2D eigenvalue weighted by Crippen LogP contribution is 2.30. The number of hydrogen-bond donors (Lipinski definition) is 1. The Morgan fingerprint density at radius 3 is 2.85 bits per heavy atom. The maximum Gasteiger partial charge on any atom is 0.213 e. The van der Waals surface area contributed by atoms with Crippen molar-refractivity contribution in [2.24, 2.45) is 7.05 Å². The lowest BCUT2D eigenvalue weighted by Crippen LogP contribution is -1.91. The lowest BCUT2D eigenvalue weighted by atomic mass is 10.1. The molecule has 4 heterocycles. The van der Waals surface area contributed by atoms with Gasteiger partial charge >= 0.3 is 0 Å². The largest absolute Gasteiger partial charge is 0.481 e. The summed E-state index contributed by atoms with van der Waals surface area (Å²) >= 11 is 0. The number of ether oxygens (including phenoxy) is 1. The summed E-state index contributed by atoms with van der Waals surface area (Å²) in [6.07, 6.45) is 7.22. The molecular weight excluding hydrogens is 340 g/mol. The number of aryl methyl sites for hydroxylation is 1. The van der Waals surface area contributed by atoms with Gasteiger partial charge in [-0.25, -0.2) is 19.9 Å². The molecule has 0 bridgehead atoms.